The molecule has 0 saturated heterocycles. The van der Waals surface area contributed by atoms with Crippen LogP contribution in [0, 0.1) is 6.92 Å². The van der Waals surface area contributed by atoms with E-state index in [1.807, 2.05) is 19.2 Å². The lowest BCUT2D eigenvalue weighted by atomic mass is 10.1. The summed E-state index contributed by atoms with van der Waals surface area (Å²) in [7, 11) is 1.78. The van der Waals surface area contributed by atoms with Crippen molar-refractivity contribution in [1.82, 2.24) is 15.6 Å². The molecule has 3 rings (SSSR count). The van der Waals surface area contributed by atoms with Crippen molar-refractivity contribution in [2.75, 3.05) is 33.4 Å². The molecule has 0 aliphatic carbocycles. The SMILES string of the molecule is CCOCCOc1cc(C)ccc1CNC(=NC)NCCc1cccc2cccnc12. The Morgan fingerprint density at radius 1 is 1.03 bits per heavy atom. The molecular weight excluding hydrogens is 388 g/mol. The number of benzene rings is 2. The molecule has 2 aromatic carbocycles. The number of aryl methyl sites for hydroxylation is 1. The molecule has 3 aromatic rings. The van der Waals surface area contributed by atoms with Gasteiger partial charge >= 0.3 is 0 Å². The summed E-state index contributed by atoms with van der Waals surface area (Å²) in [6.07, 6.45) is 2.71. The van der Waals surface area contributed by atoms with Crippen LogP contribution in [0.3, 0.4) is 0 Å². The van der Waals surface area contributed by atoms with Gasteiger partial charge in [-0.2, -0.15) is 0 Å². The van der Waals surface area contributed by atoms with E-state index in [9.17, 15) is 0 Å². The monoisotopic (exact) mass is 420 g/mol. The lowest BCUT2D eigenvalue weighted by Gasteiger charge is -2.16. The Morgan fingerprint density at radius 2 is 1.90 bits per heavy atom. The molecule has 0 aliphatic rings. The predicted octanol–water partition coefficient (Wildman–Crippen LogP) is 3.87. The van der Waals surface area contributed by atoms with Gasteiger partial charge in [-0.15, -0.1) is 0 Å². The summed E-state index contributed by atoms with van der Waals surface area (Å²) in [4.78, 5) is 8.88. The molecule has 31 heavy (non-hydrogen) atoms. The smallest absolute Gasteiger partial charge is 0.191 e. The Morgan fingerprint density at radius 3 is 2.74 bits per heavy atom. The van der Waals surface area contributed by atoms with E-state index >= 15 is 0 Å². The molecule has 6 nitrogen and oxygen atoms in total. The Hall–Kier alpha value is -3.12. The van der Waals surface area contributed by atoms with Crippen LogP contribution in [0.25, 0.3) is 10.9 Å². The molecule has 0 unspecified atom stereocenters. The van der Waals surface area contributed by atoms with E-state index in [-0.39, 0.29) is 0 Å². The summed E-state index contributed by atoms with van der Waals surface area (Å²) in [6, 6.07) is 16.6. The number of nitrogens with one attached hydrogen (secondary N) is 2. The summed E-state index contributed by atoms with van der Waals surface area (Å²) in [6.45, 7) is 7.26. The summed E-state index contributed by atoms with van der Waals surface area (Å²) in [5.41, 5.74) is 4.54. The lowest BCUT2D eigenvalue weighted by Crippen LogP contribution is -2.38. The first-order valence-corrected chi connectivity index (χ1v) is 10.8. The number of fused-ring (bicyclic) bond motifs is 1. The van der Waals surface area contributed by atoms with Crippen LogP contribution < -0.4 is 15.4 Å². The topological polar surface area (TPSA) is 67.8 Å². The van der Waals surface area contributed by atoms with Gasteiger partial charge in [-0.3, -0.25) is 9.98 Å². The molecule has 0 atom stereocenters. The Bertz CT molecular complexity index is 998. The zero-order chi connectivity index (χ0) is 21.9. The van der Waals surface area contributed by atoms with E-state index in [0.29, 0.717) is 26.4 Å². The summed E-state index contributed by atoms with van der Waals surface area (Å²) < 4.78 is 11.3. The number of aliphatic imine (C=N–C) groups is 1. The Kier molecular flexibility index (Phi) is 8.67. The minimum absolute atomic E-state index is 0.538. The molecule has 0 radical (unpaired) electrons. The first-order valence-electron chi connectivity index (χ1n) is 10.8. The molecule has 0 spiro atoms. The molecule has 0 aliphatic heterocycles. The number of hydrogen-bond acceptors (Lipinski definition) is 4. The van der Waals surface area contributed by atoms with Crippen molar-refractivity contribution in [3.8, 4) is 5.75 Å². The average molecular weight is 421 g/mol. The number of pyridine rings is 1. The van der Waals surface area contributed by atoms with Crippen molar-refractivity contribution in [2.45, 2.75) is 26.8 Å². The van der Waals surface area contributed by atoms with Crippen LogP contribution in [-0.2, 0) is 17.7 Å². The summed E-state index contributed by atoms with van der Waals surface area (Å²) in [5.74, 6) is 1.64. The fraction of sp³-hybridized carbons (Fsp3) is 0.360. The van der Waals surface area contributed by atoms with E-state index in [1.54, 1.807) is 7.05 Å². The summed E-state index contributed by atoms with van der Waals surface area (Å²) >= 11 is 0. The zero-order valence-electron chi connectivity index (χ0n) is 18.6. The molecule has 2 N–H and O–H groups in total. The van der Waals surface area contributed by atoms with Gasteiger partial charge in [-0.25, -0.2) is 0 Å². The van der Waals surface area contributed by atoms with Crippen LogP contribution in [0.15, 0.2) is 59.7 Å². The van der Waals surface area contributed by atoms with E-state index < -0.39 is 0 Å². The Labute approximate surface area is 184 Å². The normalized spacial score (nSPS) is 11.5. The molecule has 0 fully saturated rings. The van der Waals surface area contributed by atoms with Crippen molar-refractivity contribution in [3.05, 3.63) is 71.4 Å². The Balaban J connectivity index is 1.53. The quantitative estimate of drug-likeness (QED) is 0.296. The second-order valence-electron chi connectivity index (χ2n) is 7.25. The molecule has 0 amide bonds. The van der Waals surface area contributed by atoms with Gasteiger partial charge in [0.2, 0.25) is 0 Å². The van der Waals surface area contributed by atoms with Crippen LogP contribution in [0.2, 0.25) is 0 Å². The highest BCUT2D eigenvalue weighted by Crippen LogP contribution is 2.20. The third-order valence-corrected chi connectivity index (χ3v) is 4.98. The van der Waals surface area contributed by atoms with Crippen molar-refractivity contribution in [2.24, 2.45) is 4.99 Å². The van der Waals surface area contributed by atoms with Crippen molar-refractivity contribution < 1.29 is 9.47 Å². The van der Waals surface area contributed by atoms with Gasteiger partial charge in [0.25, 0.3) is 0 Å². The zero-order valence-corrected chi connectivity index (χ0v) is 18.6. The van der Waals surface area contributed by atoms with Crippen molar-refractivity contribution in [3.63, 3.8) is 0 Å². The van der Waals surface area contributed by atoms with Gasteiger partial charge in [-0.1, -0.05) is 36.4 Å². The fourth-order valence-corrected chi connectivity index (χ4v) is 3.38. The van der Waals surface area contributed by atoms with Crippen molar-refractivity contribution in [1.29, 1.82) is 0 Å². The highest BCUT2D eigenvalue weighted by atomic mass is 16.5. The third-order valence-electron chi connectivity index (χ3n) is 4.98. The number of hydrogen-bond donors (Lipinski definition) is 2. The number of rotatable bonds is 10. The maximum atomic E-state index is 5.93. The molecular formula is C25H32N4O2. The molecule has 0 bridgehead atoms. The van der Waals surface area contributed by atoms with Crippen LogP contribution in [-0.4, -0.2) is 44.4 Å². The van der Waals surface area contributed by atoms with E-state index in [0.717, 1.165) is 35.8 Å². The third kappa shape index (κ3) is 6.69. The number of guanidine groups is 1. The molecule has 164 valence electrons. The maximum Gasteiger partial charge on any atom is 0.191 e. The lowest BCUT2D eigenvalue weighted by molar-refractivity contribution is 0.110. The van der Waals surface area contributed by atoms with Gasteiger partial charge in [0.15, 0.2) is 5.96 Å². The number of ether oxygens (including phenoxy) is 2. The van der Waals surface area contributed by atoms with Crippen LogP contribution in [0.5, 0.6) is 5.75 Å². The second-order valence-corrected chi connectivity index (χ2v) is 7.25. The maximum absolute atomic E-state index is 5.93. The molecule has 1 heterocycles. The van der Waals surface area contributed by atoms with Crippen LogP contribution in [0.4, 0.5) is 0 Å². The number of para-hydroxylation sites is 1. The standard InChI is InChI=1S/C25H32N4O2/c1-4-30-15-16-31-23-17-19(2)10-11-22(23)18-29-25(26-3)28-14-12-21-8-5-7-20-9-6-13-27-24(20)21/h5-11,13,17H,4,12,14-16,18H2,1-3H3,(H2,26,28,29). The molecule has 6 heteroatoms. The number of aromatic nitrogens is 1. The van der Waals surface area contributed by atoms with Gasteiger partial charge in [0.1, 0.15) is 12.4 Å². The van der Waals surface area contributed by atoms with Gasteiger partial charge < -0.3 is 20.1 Å². The average Bonchev–Trinajstić information content (AvgIpc) is 2.80. The molecule has 1 aromatic heterocycles. The highest BCUT2D eigenvalue weighted by Gasteiger charge is 2.07. The largest absolute Gasteiger partial charge is 0.491 e. The minimum Gasteiger partial charge on any atom is -0.491 e. The highest BCUT2D eigenvalue weighted by molar-refractivity contribution is 5.82. The summed E-state index contributed by atoms with van der Waals surface area (Å²) in [5, 5.41) is 7.94. The van der Waals surface area contributed by atoms with E-state index in [1.165, 1.54) is 16.5 Å². The minimum atomic E-state index is 0.538. The van der Waals surface area contributed by atoms with Gasteiger partial charge in [0, 0.05) is 43.9 Å². The first kappa shape index (κ1) is 22.6. The number of nitrogens with zero attached hydrogens (tertiary/aromatic N) is 2. The second kappa shape index (κ2) is 11.9. The van der Waals surface area contributed by atoms with Crippen LogP contribution in [0.1, 0.15) is 23.6 Å². The predicted molar refractivity (Wildman–Crippen MR) is 127 cm³/mol. The van der Waals surface area contributed by atoms with Crippen LogP contribution >= 0.6 is 0 Å². The van der Waals surface area contributed by atoms with E-state index in [2.05, 4.69) is 70.0 Å². The first-order chi connectivity index (χ1) is 15.2. The fourth-order valence-electron chi connectivity index (χ4n) is 3.38. The van der Waals surface area contributed by atoms with Gasteiger partial charge in [0.05, 0.1) is 12.1 Å². The molecule has 0 saturated carbocycles. The van der Waals surface area contributed by atoms with E-state index in [4.69, 9.17) is 9.47 Å². The van der Waals surface area contributed by atoms with Crippen molar-refractivity contribution >= 4 is 16.9 Å². The van der Waals surface area contributed by atoms with Gasteiger partial charge in [-0.05, 0) is 43.5 Å².